The van der Waals surface area contributed by atoms with Gasteiger partial charge in [-0.15, -0.1) is 0 Å². The molecular formula is C19H19N5O3. The highest BCUT2D eigenvalue weighted by atomic mass is 16.3. The molecule has 0 aliphatic carbocycles. The van der Waals surface area contributed by atoms with Crippen LogP contribution in [0.4, 0.5) is 11.5 Å². The third kappa shape index (κ3) is 3.39. The van der Waals surface area contributed by atoms with Gasteiger partial charge >= 0.3 is 0 Å². The molecule has 0 radical (unpaired) electrons. The Morgan fingerprint density at radius 2 is 2.19 bits per heavy atom. The van der Waals surface area contributed by atoms with Crippen molar-refractivity contribution in [2.24, 2.45) is 0 Å². The summed E-state index contributed by atoms with van der Waals surface area (Å²) in [7, 11) is 0. The monoisotopic (exact) mass is 365 g/mol. The van der Waals surface area contributed by atoms with Crippen molar-refractivity contribution in [3.8, 4) is 0 Å². The summed E-state index contributed by atoms with van der Waals surface area (Å²) in [5.41, 5.74) is 2.03. The van der Waals surface area contributed by atoms with E-state index in [1.165, 1.54) is 12.4 Å². The Hall–Kier alpha value is -3.26. The van der Waals surface area contributed by atoms with E-state index in [1.807, 2.05) is 13.0 Å². The molecule has 3 N–H and O–H groups in total. The fourth-order valence-corrected chi connectivity index (χ4v) is 3.50. The number of carbonyl (C=O) groups is 1. The number of aryl methyl sites for hydroxylation is 1. The molecule has 0 spiro atoms. The number of hydrogen-bond donors (Lipinski definition) is 3. The Morgan fingerprint density at radius 1 is 1.33 bits per heavy atom. The van der Waals surface area contributed by atoms with Crippen molar-refractivity contribution in [2.75, 3.05) is 16.8 Å². The molecule has 3 aromatic rings. The van der Waals surface area contributed by atoms with Gasteiger partial charge in [0, 0.05) is 41.8 Å². The zero-order chi connectivity index (χ0) is 19.0. The van der Waals surface area contributed by atoms with Crippen LogP contribution in [0.1, 0.15) is 12.0 Å². The van der Waals surface area contributed by atoms with Crippen molar-refractivity contribution in [3.05, 3.63) is 58.8 Å². The van der Waals surface area contributed by atoms with Crippen molar-refractivity contribution in [3.63, 3.8) is 0 Å². The Balaban J connectivity index is 1.59. The molecule has 2 aromatic heterocycles. The lowest BCUT2D eigenvalue weighted by atomic mass is 10.1. The molecule has 1 aliphatic rings. The number of pyridine rings is 1. The molecule has 1 aliphatic heterocycles. The lowest BCUT2D eigenvalue weighted by Gasteiger charge is -2.24. The van der Waals surface area contributed by atoms with Crippen LogP contribution in [0.2, 0.25) is 0 Å². The molecule has 4 rings (SSSR count). The number of anilines is 2. The van der Waals surface area contributed by atoms with Crippen molar-refractivity contribution < 1.29 is 9.90 Å². The molecule has 27 heavy (non-hydrogen) atoms. The maximum atomic E-state index is 12.9. The van der Waals surface area contributed by atoms with E-state index in [1.54, 1.807) is 29.3 Å². The van der Waals surface area contributed by atoms with E-state index in [-0.39, 0.29) is 11.5 Å². The zero-order valence-corrected chi connectivity index (χ0v) is 14.7. The quantitative estimate of drug-likeness (QED) is 0.643. The first-order chi connectivity index (χ1) is 13.0. The highest BCUT2D eigenvalue weighted by molar-refractivity contribution is 5.99. The summed E-state index contributed by atoms with van der Waals surface area (Å²) in [6.07, 6.45) is 2.76. The third-order valence-corrected chi connectivity index (χ3v) is 4.76. The van der Waals surface area contributed by atoms with Crippen LogP contribution in [-0.4, -0.2) is 44.7 Å². The third-order valence-electron chi connectivity index (χ3n) is 4.76. The Kier molecular flexibility index (Phi) is 4.33. The summed E-state index contributed by atoms with van der Waals surface area (Å²) in [5.74, 6) is 0.389. The topological polar surface area (TPSA) is 111 Å². The smallest absolute Gasteiger partial charge is 0.248 e. The van der Waals surface area contributed by atoms with Crippen molar-refractivity contribution in [2.45, 2.75) is 25.5 Å². The second kappa shape index (κ2) is 6.81. The highest BCUT2D eigenvalue weighted by Gasteiger charge is 2.36. The first kappa shape index (κ1) is 17.2. The number of fused-ring (bicyclic) bond motifs is 1. The van der Waals surface area contributed by atoms with E-state index in [2.05, 4.69) is 20.3 Å². The normalized spacial score (nSPS) is 19.4. The number of nitrogens with zero attached hydrogens (tertiary/aromatic N) is 3. The van der Waals surface area contributed by atoms with Gasteiger partial charge in [-0.3, -0.25) is 9.59 Å². The van der Waals surface area contributed by atoms with Crippen LogP contribution in [0.25, 0.3) is 10.9 Å². The fourth-order valence-electron chi connectivity index (χ4n) is 3.50. The molecule has 8 nitrogen and oxygen atoms in total. The van der Waals surface area contributed by atoms with Crippen molar-refractivity contribution >= 4 is 28.3 Å². The minimum atomic E-state index is -0.598. The summed E-state index contributed by atoms with van der Waals surface area (Å²) in [4.78, 5) is 37.1. The molecule has 0 saturated carbocycles. The summed E-state index contributed by atoms with van der Waals surface area (Å²) in [6, 6.07) is 8.06. The van der Waals surface area contributed by atoms with Gasteiger partial charge in [0.1, 0.15) is 18.2 Å². The average Bonchev–Trinajstić information content (AvgIpc) is 3.05. The van der Waals surface area contributed by atoms with Crippen LogP contribution in [0.15, 0.2) is 47.7 Å². The Labute approximate surface area is 154 Å². The number of H-pyrrole nitrogens is 1. The number of amides is 1. The molecule has 138 valence electrons. The van der Waals surface area contributed by atoms with Crippen LogP contribution in [0, 0.1) is 6.92 Å². The van der Waals surface area contributed by atoms with Gasteiger partial charge in [-0.05, 0) is 36.8 Å². The van der Waals surface area contributed by atoms with E-state index in [0.29, 0.717) is 24.5 Å². The zero-order valence-electron chi connectivity index (χ0n) is 14.7. The Morgan fingerprint density at radius 3 is 2.96 bits per heavy atom. The van der Waals surface area contributed by atoms with Crippen LogP contribution in [0.3, 0.4) is 0 Å². The number of aromatic nitrogens is 3. The summed E-state index contributed by atoms with van der Waals surface area (Å²) < 4.78 is 0. The van der Waals surface area contributed by atoms with Crippen LogP contribution >= 0.6 is 0 Å². The largest absolute Gasteiger partial charge is 0.391 e. The van der Waals surface area contributed by atoms with E-state index >= 15 is 0 Å². The van der Waals surface area contributed by atoms with Gasteiger partial charge in [-0.25, -0.2) is 9.97 Å². The second-order valence-electron chi connectivity index (χ2n) is 6.69. The van der Waals surface area contributed by atoms with E-state index in [0.717, 1.165) is 16.5 Å². The summed E-state index contributed by atoms with van der Waals surface area (Å²) >= 11 is 0. The molecule has 8 heteroatoms. The number of β-amino-alcohol motifs (C(OH)–C–C–N with tert-alkyl or cyclic N) is 1. The predicted octanol–water partition coefficient (Wildman–Crippen LogP) is 1.20. The number of aromatic amines is 1. The number of rotatable bonds is 3. The second-order valence-corrected chi connectivity index (χ2v) is 6.69. The minimum absolute atomic E-state index is 0.155. The lowest BCUT2D eigenvalue weighted by molar-refractivity contribution is -0.117. The van der Waals surface area contributed by atoms with Gasteiger partial charge in [-0.1, -0.05) is 0 Å². The summed E-state index contributed by atoms with van der Waals surface area (Å²) in [6.45, 7) is 2.19. The number of aliphatic hydroxyl groups excluding tert-OH is 1. The van der Waals surface area contributed by atoms with Crippen LogP contribution < -0.4 is 15.8 Å². The number of benzene rings is 1. The predicted molar refractivity (Wildman–Crippen MR) is 102 cm³/mol. The standard InChI is InChI=1S/C19H19N5O3/c1-11-6-18(26)23-15-3-2-12(7-14(11)15)22-19(27)16-8-13(25)9-24(16)17-4-5-20-10-21-17/h2-7,10,13,16,25H,8-9H2,1H3,(H,22,27)(H,23,26). The molecule has 0 bridgehead atoms. The number of hydrogen-bond acceptors (Lipinski definition) is 6. The first-order valence-corrected chi connectivity index (χ1v) is 8.66. The molecule has 2 unspecified atom stereocenters. The average molecular weight is 365 g/mol. The maximum absolute atomic E-state index is 12.9. The summed E-state index contributed by atoms with van der Waals surface area (Å²) in [5, 5.41) is 13.8. The van der Waals surface area contributed by atoms with Crippen LogP contribution in [-0.2, 0) is 4.79 Å². The highest BCUT2D eigenvalue weighted by Crippen LogP contribution is 2.26. The first-order valence-electron chi connectivity index (χ1n) is 8.66. The molecule has 1 amide bonds. The molecular weight excluding hydrogens is 346 g/mol. The Bertz CT molecular complexity index is 1050. The number of carbonyl (C=O) groups excluding carboxylic acids is 1. The van der Waals surface area contributed by atoms with Gasteiger partial charge in [0.2, 0.25) is 11.5 Å². The molecule has 1 saturated heterocycles. The van der Waals surface area contributed by atoms with E-state index in [9.17, 15) is 14.7 Å². The fraction of sp³-hybridized carbons (Fsp3) is 0.263. The van der Waals surface area contributed by atoms with Gasteiger partial charge in [0.15, 0.2) is 0 Å². The van der Waals surface area contributed by atoms with E-state index < -0.39 is 12.1 Å². The molecule has 2 atom stereocenters. The van der Waals surface area contributed by atoms with E-state index in [4.69, 9.17) is 0 Å². The molecule has 1 fully saturated rings. The van der Waals surface area contributed by atoms with Gasteiger partial charge in [0.05, 0.1) is 6.10 Å². The molecule has 3 heterocycles. The van der Waals surface area contributed by atoms with Crippen LogP contribution in [0.5, 0.6) is 0 Å². The van der Waals surface area contributed by atoms with Crippen molar-refractivity contribution in [1.29, 1.82) is 0 Å². The van der Waals surface area contributed by atoms with Crippen molar-refractivity contribution in [1.82, 2.24) is 15.0 Å². The SMILES string of the molecule is Cc1cc(=O)[nH]c2ccc(NC(=O)C3CC(O)CN3c3ccncn3)cc12. The maximum Gasteiger partial charge on any atom is 0.248 e. The lowest BCUT2D eigenvalue weighted by Crippen LogP contribution is -2.40. The van der Waals surface area contributed by atoms with Gasteiger partial charge in [-0.2, -0.15) is 0 Å². The van der Waals surface area contributed by atoms with Gasteiger partial charge in [0.25, 0.3) is 0 Å². The van der Waals surface area contributed by atoms with Gasteiger partial charge < -0.3 is 20.3 Å². The molecule has 1 aromatic carbocycles. The number of nitrogens with one attached hydrogen (secondary N) is 2. The minimum Gasteiger partial charge on any atom is -0.391 e. The number of aliphatic hydroxyl groups is 1.